The van der Waals surface area contributed by atoms with Crippen molar-refractivity contribution in [1.82, 2.24) is 9.55 Å². The van der Waals surface area contributed by atoms with Gasteiger partial charge in [-0.15, -0.1) is 0 Å². The van der Waals surface area contributed by atoms with Crippen LogP contribution >= 0.6 is 11.6 Å². The summed E-state index contributed by atoms with van der Waals surface area (Å²) in [5, 5.41) is 0.706. The molecule has 0 aliphatic rings. The molecule has 0 aliphatic carbocycles. The van der Waals surface area contributed by atoms with Crippen LogP contribution in [0.5, 0.6) is 5.75 Å². The third kappa shape index (κ3) is 3.25. The Morgan fingerprint density at radius 1 is 1.14 bits per heavy atom. The largest absolute Gasteiger partial charge is 0.486 e. The molecule has 0 saturated heterocycles. The monoisotopic (exact) mass is 314 g/mol. The zero-order valence-electron chi connectivity index (χ0n) is 12.8. The Hall–Kier alpha value is -2.00. The van der Waals surface area contributed by atoms with Gasteiger partial charge in [-0.05, 0) is 36.2 Å². The molecule has 3 aromatic rings. The van der Waals surface area contributed by atoms with Crippen molar-refractivity contribution in [2.24, 2.45) is 5.92 Å². The van der Waals surface area contributed by atoms with E-state index in [1.54, 1.807) is 0 Å². The number of para-hydroxylation sites is 1. The Morgan fingerprint density at radius 3 is 2.64 bits per heavy atom. The number of hydrogen-bond acceptors (Lipinski definition) is 2. The second kappa shape index (κ2) is 6.41. The lowest BCUT2D eigenvalue weighted by atomic mass is 10.2. The van der Waals surface area contributed by atoms with Gasteiger partial charge in [0.15, 0.2) is 0 Å². The highest BCUT2D eigenvalue weighted by Gasteiger charge is 2.13. The average molecular weight is 315 g/mol. The standard InChI is InChI=1S/C18H19ClN2O/c1-13(2)11-21-17-9-8-14(19)10-16(17)20-18(21)12-22-15-6-4-3-5-7-15/h3-10,13H,11-12H2,1-2H3. The topological polar surface area (TPSA) is 27.1 Å². The summed E-state index contributed by atoms with van der Waals surface area (Å²) in [5.74, 6) is 2.31. The van der Waals surface area contributed by atoms with Gasteiger partial charge in [0.2, 0.25) is 0 Å². The van der Waals surface area contributed by atoms with Gasteiger partial charge >= 0.3 is 0 Å². The molecular formula is C18H19ClN2O. The van der Waals surface area contributed by atoms with Crippen molar-refractivity contribution in [2.45, 2.75) is 27.0 Å². The lowest BCUT2D eigenvalue weighted by Gasteiger charge is -2.12. The van der Waals surface area contributed by atoms with E-state index in [-0.39, 0.29) is 0 Å². The van der Waals surface area contributed by atoms with Gasteiger partial charge in [0.05, 0.1) is 11.0 Å². The Bertz CT molecular complexity index is 765. The van der Waals surface area contributed by atoms with Gasteiger partial charge in [-0.3, -0.25) is 0 Å². The summed E-state index contributed by atoms with van der Waals surface area (Å²) in [6, 6.07) is 15.6. The number of halogens is 1. The van der Waals surface area contributed by atoms with E-state index >= 15 is 0 Å². The summed E-state index contributed by atoms with van der Waals surface area (Å²) in [4.78, 5) is 4.70. The molecule has 0 saturated carbocycles. The minimum atomic E-state index is 0.447. The fourth-order valence-electron chi connectivity index (χ4n) is 2.50. The number of aromatic nitrogens is 2. The van der Waals surface area contributed by atoms with Gasteiger partial charge in [0.25, 0.3) is 0 Å². The van der Waals surface area contributed by atoms with Crippen LogP contribution in [0.15, 0.2) is 48.5 Å². The fraction of sp³-hybridized carbons (Fsp3) is 0.278. The van der Waals surface area contributed by atoms with Crippen LogP contribution in [-0.2, 0) is 13.2 Å². The summed E-state index contributed by atoms with van der Waals surface area (Å²) in [6.07, 6.45) is 0. The highest BCUT2D eigenvalue weighted by Crippen LogP contribution is 2.22. The first-order chi connectivity index (χ1) is 10.6. The maximum absolute atomic E-state index is 6.08. The van der Waals surface area contributed by atoms with Gasteiger partial charge in [-0.2, -0.15) is 0 Å². The minimum absolute atomic E-state index is 0.447. The molecular weight excluding hydrogens is 296 g/mol. The second-order valence-electron chi connectivity index (χ2n) is 5.77. The molecule has 2 aromatic carbocycles. The van der Waals surface area contributed by atoms with E-state index in [1.165, 1.54) is 0 Å². The van der Waals surface area contributed by atoms with Gasteiger partial charge < -0.3 is 9.30 Å². The predicted octanol–water partition coefficient (Wildman–Crippen LogP) is 4.92. The highest BCUT2D eigenvalue weighted by atomic mass is 35.5. The van der Waals surface area contributed by atoms with Crippen LogP contribution in [0.4, 0.5) is 0 Å². The molecule has 0 amide bonds. The fourth-order valence-corrected chi connectivity index (χ4v) is 2.66. The lowest BCUT2D eigenvalue weighted by Crippen LogP contribution is -2.10. The van der Waals surface area contributed by atoms with Crippen LogP contribution in [0.1, 0.15) is 19.7 Å². The molecule has 22 heavy (non-hydrogen) atoms. The molecule has 3 rings (SSSR count). The molecule has 0 spiro atoms. The van der Waals surface area contributed by atoms with E-state index in [1.807, 2.05) is 48.5 Å². The van der Waals surface area contributed by atoms with Crippen LogP contribution in [0, 0.1) is 5.92 Å². The lowest BCUT2D eigenvalue weighted by molar-refractivity contribution is 0.287. The van der Waals surface area contributed by atoms with Crippen LogP contribution < -0.4 is 4.74 Å². The molecule has 0 radical (unpaired) electrons. The van der Waals surface area contributed by atoms with E-state index < -0.39 is 0 Å². The van der Waals surface area contributed by atoms with E-state index in [4.69, 9.17) is 21.3 Å². The minimum Gasteiger partial charge on any atom is -0.486 e. The first-order valence-corrected chi connectivity index (χ1v) is 7.84. The van der Waals surface area contributed by atoms with Crippen molar-refractivity contribution >= 4 is 22.6 Å². The van der Waals surface area contributed by atoms with Gasteiger partial charge in [0, 0.05) is 11.6 Å². The summed E-state index contributed by atoms with van der Waals surface area (Å²) < 4.78 is 8.08. The number of ether oxygens (including phenoxy) is 1. The quantitative estimate of drug-likeness (QED) is 0.668. The van der Waals surface area contributed by atoms with E-state index in [0.717, 1.165) is 29.2 Å². The number of nitrogens with zero attached hydrogens (tertiary/aromatic N) is 2. The van der Waals surface area contributed by atoms with Crippen molar-refractivity contribution in [3.05, 3.63) is 59.4 Å². The summed E-state index contributed by atoms with van der Waals surface area (Å²) in [5.41, 5.74) is 2.02. The molecule has 0 atom stereocenters. The van der Waals surface area contributed by atoms with E-state index in [2.05, 4.69) is 18.4 Å². The van der Waals surface area contributed by atoms with Crippen molar-refractivity contribution in [3.63, 3.8) is 0 Å². The van der Waals surface area contributed by atoms with Crippen LogP contribution in [-0.4, -0.2) is 9.55 Å². The number of imidazole rings is 1. The van der Waals surface area contributed by atoms with Gasteiger partial charge in [-0.25, -0.2) is 4.98 Å². The maximum Gasteiger partial charge on any atom is 0.148 e. The predicted molar refractivity (Wildman–Crippen MR) is 90.4 cm³/mol. The molecule has 1 heterocycles. The van der Waals surface area contributed by atoms with Crippen LogP contribution in [0.25, 0.3) is 11.0 Å². The third-order valence-electron chi connectivity index (χ3n) is 3.45. The van der Waals surface area contributed by atoms with Gasteiger partial charge in [0.1, 0.15) is 18.2 Å². The summed E-state index contributed by atoms with van der Waals surface area (Å²) in [7, 11) is 0. The van der Waals surface area contributed by atoms with Crippen molar-refractivity contribution in [2.75, 3.05) is 0 Å². The zero-order chi connectivity index (χ0) is 15.5. The SMILES string of the molecule is CC(C)Cn1c(COc2ccccc2)nc2cc(Cl)ccc21. The Kier molecular flexibility index (Phi) is 4.34. The van der Waals surface area contributed by atoms with E-state index in [0.29, 0.717) is 17.5 Å². The third-order valence-corrected chi connectivity index (χ3v) is 3.68. The summed E-state index contributed by atoms with van der Waals surface area (Å²) >= 11 is 6.08. The zero-order valence-corrected chi connectivity index (χ0v) is 13.5. The number of hydrogen-bond donors (Lipinski definition) is 0. The number of rotatable bonds is 5. The van der Waals surface area contributed by atoms with Crippen molar-refractivity contribution in [3.8, 4) is 5.75 Å². The Labute approximate surface area is 135 Å². The average Bonchev–Trinajstić information content (AvgIpc) is 2.82. The molecule has 0 N–H and O–H groups in total. The molecule has 0 fully saturated rings. The number of benzene rings is 2. The maximum atomic E-state index is 6.08. The van der Waals surface area contributed by atoms with E-state index in [9.17, 15) is 0 Å². The molecule has 0 unspecified atom stereocenters. The Balaban J connectivity index is 1.93. The second-order valence-corrected chi connectivity index (χ2v) is 6.20. The Morgan fingerprint density at radius 2 is 1.91 bits per heavy atom. The van der Waals surface area contributed by atoms with Crippen molar-refractivity contribution in [1.29, 1.82) is 0 Å². The van der Waals surface area contributed by atoms with Crippen LogP contribution in [0.2, 0.25) is 5.02 Å². The molecule has 3 nitrogen and oxygen atoms in total. The molecule has 4 heteroatoms. The van der Waals surface area contributed by atoms with Gasteiger partial charge in [-0.1, -0.05) is 43.6 Å². The highest BCUT2D eigenvalue weighted by molar-refractivity contribution is 6.31. The smallest absolute Gasteiger partial charge is 0.148 e. The first kappa shape index (κ1) is 14.9. The number of fused-ring (bicyclic) bond motifs is 1. The molecule has 114 valence electrons. The van der Waals surface area contributed by atoms with Crippen LogP contribution in [0.3, 0.4) is 0 Å². The summed E-state index contributed by atoms with van der Waals surface area (Å²) in [6.45, 7) is 5.75. The molecule has 0 bridgehead atoms. The normalized spacial score (nSPS) is 11.3. The van der Waals surface area contributed by atoms with Crippen molar-refractivity contribution < 1.29 is 4.74 Å². The molecule has 1 aromatic heterocycles. The first-order valence-electron chi connectivity index (χ1n) is 7.46. The molecule has 0 aliphatic heterocycles.